The van der Waals surface area contributed by atoms with Gasteiger partial charge < -0.3 is 5.32 Å². The summed E-state index contributed by atoms with van der Waals surface area (Å²) in [5.74, 6) is 1.02. The third-order valence-electron chi connectivity index (χ3n) is 4.24. The van der Waals surface area contributed by atoms with E-state index in [2.05, 4.69) is 5.32 Å². The highest BCUT2D eigenvalue weighted by Crippen LogP contribution is 2.37. The van der Waals surface area contributed by atoms with Crippen LogP contribution in [0.4, 0.5) is 5.82 Å². The second-order valence-corrected chi connectivity index (χ2v) is 7.07. The van der Waals surface area contributed by atoms with Crippen LogP contribution in [0.1, 0.15) is 11.1 Å². The SMILES string of the molecule is Cc1ccc(Cl)cc1-n1nc(-c2ccc(Cl)c(Cl)c2)c2c1NCC2. The molecular weight excluding hydrogens is 365 g/mol. The molecule has 4 rings (SSSR count). The molecule has 122 valence electrons. The van der Waals surface area contributed by atoms with Gasteiger partial charge in [-0.15, -0.1) is 0 Å². The molecular formula is C18H14Cl3N3. The first-order valence-electron chi connectivity index (χ1n) is 7.62. The summed E-state index contributed by atoms with van der Waals surface area (Å²) >= 11 is 18.4. The van der Waals surface area contributed by atoms with Crippen LogP contribution in [0.15, 0.2) is 36.4 Å². The Labute approximate surface area is 155 Å². The first kappa shape index (κ1) is 15.8. The lowest BCUT2D eigenvalue weighted by Crippen LogP contribution is -2.05. The molecule has 0 radical (unpaired) electrons. The van der Waals surface area contributed by atoms with E-state index in [9.17, 15) is 0 Å². The number of halogens is 3. The zero-order valence-corrected chi connectivity index (χ0v) is 15.2. The Morgan fingerprint density at radius 2 is 1.88 bits per heavy atom. The van der Waals surface area contributed by atoms with Crippen LogP contribution < -0.4 is 5.32 Å². The van der Waals surface area contributed by atoms with Crippen molar-refractivity contribution in [2.45, 2.75) is 13.3 Å². The normalized spacial score (nSPS) is 13.0. The smallest absolute Gasteiger partial charge is 0.133 e. The van der Waals surface area contributed by atoms with Gasteiger partial charge in [-0.2, -0.15) is 5.10 Å². The Morgan fingerprint density at radius 3 is 2.67 bits per heavy atom. The van der Waals surface area contributed by atoms with E-state index in [0.717, 1.165) is 41.3 Å². The first-order valence-corrected chi connectivity index (χ1v) is 8.75. The second-order valence-electron chi connectivity index (χ2n) is 5.82. The van der Waals surface area contributed by atoms with Crippen LogP contribution in [-0.2, 0) is 6.42 Å². The Kier molecular flexibility index (Phi) is 3.95. The lowest BCUT2D eigenvalue weighted by Gasteiger charge is -2.10. The minimum absolute atomic E-state index is 0.530. The van der Waals surface area contributed by atoms with Crippen LogP contribution >= 0.6 is 34.8 Å². The minimum Gasteiger partial charge on any atom is -0.369 e. The number of benzene rings is 2. The van der Waals surface area contributed by atoms with Crippen LogP contribution in [0, 0.1) is 6.92 Å². The number of hydrogen-bond donors (Lipinski definition) is 1. The van der Waals surface area contributed by atoms with Crippen LogP contribution in [0.25, 0.3) is 16.9 Å². The molecule has 6 heteroatoms. The van der Waals surface area contributed by atoms with Crippen molar-refractivity contribution < 1.29 is 0 Å². The number of hydrogen-bond acceptors (Lipinski definition) is 2. The maximum atomic E-state index is 6.19. The first-order chi connectivity index (χ1) is 11.5. The number of nitrogens with zero attached hydrogens (tertiary/aromatic N) is 2. The molecule has 0 fully saturated rings. The zero-order chi connectivity index (χ0) is 16.8. The van der Waals surface area contributed by atoms with Crippen molar-refractivity contribution in [2.24, 2.45) is 0 Å². The molecule has 1 aliphatic heterocycles. The zero-order valence-electron chi connectivity index (χ0n) is 12.9. The summed E-state index contributed by atoms with van der Waals surface area (Å²) < 4.78 is 1.93. The average Bonchev–Trinajstić information content (AvgIpc) is 3.15. The number of rotatable bonds is 2. The average molecular weight is 379 g/mol. The van der Waals surface area contributed by atoms with E-state index >= 15 is 0 Å². The van der Waals surface area contributed by atoms with E-state index in [4.69, 9.17) is 39.9 Å². The van der Waals surface area contributed by atoms with Crippen molar-refractivity contribution in [1.29, 1.82) is 0 Å². The molecule has 24 heavy (non-hydrogen) atoms. The molecule has 0 bridgehead atoms. The van der Waals surface area contributed by atoms with Crippen LogP contribution in [-0.4, -0.2) is 16.3 Å². The second kappa shape index (κ2) is 5.99. The number of anilines is 1. The molecule has 0 saturated heterocycles. The molecule has 0 aliphatic carbocycles. The van der Waals surface area contributed by atoms with Crippen molar-refractivity contribution in [1.82, 2.24) is 9.78 Å². The van der Waals surface area contributed by atoms with Crippen molar-refractivity contribution >= 4 is 40.6 Å². The largest absolute Gasteiger partial charge is 0.369 e. The molecule has 2 aromatic carbocycles. The topological polar surface area (TPSA) is 29.9 Å². The van der Waals surface area contributed by atoms with Crippen LogP contribution in [0.3, 0.4) is 0 Å². The molecule has 0 saturated carbocycles. The van der Waals surface area contributed by atoms with Gasteiger partial charge in [-0.05, 0) is 43.2 Å². The third kappa shape index (κ3) is 2.57. The highest BCUT2D eigenvalue weighted by molar-refractivity contribution is 6.42. The minimum atomic E-state index is 0.530. The highest BCUT2D eigenvalue weighted by atomic mass is 35.5. The summed E-state index contributed by atoms with van der Waals surface area (Å²) in [5.41, 5.74) is 5.15. The van der Waals surface area contributed by atoms with Gasteiger partial charge in [-0.25, -0.2) is 4.68 Å². The maximum absolute atomic E-state index is 6.19. The number of aryl methyl sites for hydroxylation is 1. The summed E-state index contributed by atoms with van der Waals surface area (Å²) in [5, 5.41) is 10.0. The van der Waals surface area contributed by atoms with E-state index < -0.39 is 0 Å². The molecule has 1 aromatic heterocycles. The van der Waals surface area contributed by atoms with Gasteiger partial charge in [-0.3, -0.25) is 0 Å². The number of fused-ring (bicyclic) bond motifs is 1. The molecule has 1 N–H and O–H groups in total. The Balaban J connectivity index is 1.92. The lowest BCUT2D eigenvalue weighted by atomic mass is 10.1. The predicted octanol–water partition coefficient (Wildman–Crippen LogP) is 5.78. The van der Waals surface area contributed by atoms with E-state index in [1.165, 1.54) is 5.56 Å². The Morgan fingerprint density at radius 1 is 1.04 bits per heavy atom. The van der Waals surface area contributed by atoms with Gasteiger partial charge in [0.15, 0.2) is 0 Å². The summed E-state index contributed by atoms with van der Waals surface area (Å²) in [6.07, 6.45) is 0.921. The Hall–Kier alpha value is -1.68. The fraction of sp³-hybridized carbons (Fsp3) is 0.167. The summed E-state index contributed by atoms with van der Waals surface area (Å²) in [7, 11) is 0. The lowest BCUT2D eigenvalue weighted by molar-refractivity contribution is 0.875. The van der Waals surface area contributed by atoms with Crippen molar-refractivity contribution in [3.63, 3.8) is 0 Å². The molecule has 1 aliphatic rings. The molecule has 0 spiro atoms. The van der Waals surface area contributed by atoms with Gasteiger partial charge in [0.1, 0.15) is 5.82 Å². The Bertz CT molecular complexity index is 947. The molecule has 0 atom stereocenters. The van der Waals surface area contributed by atoms with Gasteiger partial charge in [0.25, 0.3) is 0 Å². The van der Waals surface area contributed by atoms with Crippen molar-refractivity contribution in [2.75, 3.05) is 11.9 Å². The molecule has 0 unspecified atom stereocenters. The summed E-state index contributed by atoms with van der Waals surface area (Å²) in [4.78, 5) is 0. The molecule has 2 heterocycles. The highest BCUT2D eigenvalue weighted by Gasteiger charge is 2.24. The number of aromatic nitrogens is 2. The predicted molar refractivity (Wildman–Crippen MR) is 101 cm³/mol. The van der Waals surface area contributed by atoms with E-state index in [1.807, 2.05) is 41.9 Å². The number of nitrogens with one attached hydrogen (secondary N) is 1. The summed E-state index contributed by atoms with van der Waals surface area (Å²) in [6.45, 7) is 2.94. The fourth-order valence-corrected chi connectivity index (χ4v) is 3.50. The van der Waals surface area contributed by atoms with Gasteiger partial charge in [0.05, 0.1) is 21.4 Å². The monoisotopic (exact) mass is 377 g/mol. The fourth-order valence-electron chi connectivity index (χ4n) is 3.04. The maximum Gasteiger partial charge on any atom is 0.133 e. The quantitative estimate of drug-likeness (QED) is 0.613. The van der Waals surface area contributed by atoms with Gasteiger partial charge in [0, 0.05) is 22.7 Å². The van der Waals surface area contributed by atoms with Crippen molar-refractivity contribution in [3.8, 4) is 16.9 Å². The standard InChI is InChI=1S/C18H14Cl3N3/c1-10-2-4-12(19)9-16(10)24-18-13(6-7-22-18)17(23-24)11-3-5-14(20)15(21)8-11/h2-5,8-9,22H,6-7H2,1H3. The molecule has 3 aromatic rings. The molecule has 0 amide bonds. The van der Waals surface area contributed by atoms with Gasteiger partial charge in [-0.1, -0.05) is 46.9 Å². The van der Waals surface area contributed by atoms with E-state index in [-0.39, 0.29) is 0 Å². The van der Waals surface area contributed by atoms with E-state index in [1.54, 1.807) is 6.07 Å². The molecule has 3 nitrogen and oxygen atoms in total. The third-order valence-corrected chi connectivity index (χ3v) is 5.22. The van der Waals surface area contributed by atoms with E-state index in [0.29, 0.717) is 15.1 Å². The van der Waals surface area contributed by atoms with Crippen LogP contribution in [0.2, 0.25) is 15.1 Å². The van der Waals surface area contributed by atoms with Gasteiger partial charge >= 0.3 is 0 Å². The summed E-state index contributed by atoms with van der Waals surface area (Å²) in [6, 6.07) is 11.4. The van der Waals surface area contributed by atoms with Gasteiger partial charge in [0.2, 0.25) is 0 Å². The van der Waals surface area contributed by atoms with Crippen molar-refractivity contribution in [3.05, 3.63) is 62.6 Å². The van der Waals surface area contributed by atoms with Crippen LogP contribution in [0.5, 0.6) is 0 Å².